The van der Waals surface area contributed by atoms with E-state index in [0.29, 0.717) is 5.92 Å². The molecule has 2 saturated heterocycles. The fourth-order valence-corrected chi connectivity index (χ4v) is 13.5. The first kappa shape index (κ1) is 30.4. The highest BCUT2D eigenvalue weighted by molar-refractivity contribution is 8.68. The summed E-state index contributed by atoms with van der Waals surface area (Å²) in [7, 11) is -2.16. The predicted molar refractivity (Wildman–Crippen MR) is 157 cm³/mol. The van der Waals surface area contributed by atoms with Crippen molar-refractivity contribution >= 4 is 37.2 Å². The zero-order chi connectivity index (χ0) is 28.3. The lowest BCUT2D eigenvalue weighted by Crippen LogP contribution is -2.45. The highest BCUT2D eigenvalue weighted by Gasteiger charge is 2.56. The Morgan fingerprint density at radius 1 is 1.42 bits per heavy atom. The van der Waals surface area contributed by atoms with Crippen molar-refractivity contribution in [2.45, 2.75) is 107 Å². The van der Waals surface area contributed by atoms with Gasteiger partial charge in [-0.25, -0.2) is 4.79 Å². The standard InChI is InChI=1S/C25H41N2O7PS2Si/c1-15(2)16-9-11-25(6)18(13-16)33-35(36,37-25)34-21-17(14-31-38(7,8)24(3,4)5)32-22(20(21)29)27-12-10-19(28)26-23(27)30/h10,12,16-18,20-22,29H,1,9,11,13-14H2,2-8H3,(H,26,28,30)/t16-,17+,18+,20+,21+,22+,25+,35?/m0/s1. The van der Waals surface area contributed by atoms with E-state index in [0.717, 1.165) is 24.8 Å². The molecule has 0 spiro atoms. The molecule has 1 aromatic heterocycles. The van der Waals surface area contributed by atoms with Crippen molar-refractivity contribution in [2.24, 2.45) is 5.92 Å². The molecule has 3 fully saturated rings. The summed E-state index contributed by atoms with van der Waals surface area (Å²) in [6.45, 7) is 19.3. The molecule has 214 valence electrons. The van der Waals surface area contributed by atoms with Crippen LogP contribution in [0.1, 0.15) is 60.1 Å². The molecule has 1 aliphatic carbocycles. The lowest BCUT2D eigenvalue weighted by atomic mass is 9.77. The monoisotopic (exact) mass is 604 g/mol. The van der Waals surface area contributed by atoms with E-state index in [4.69, 9.17) is 30.0 Å². The maximum absolute atomic E-state index is 12.5. The molecule has 8 atom stereocenters. The molecule has 0 bridgehead atoms. The molecule has 2 aliphatic heterocycles. The van der Waals surface area contributed by atoms with Crippen LogP contribution in [-0.4, -0.2) is 58.7 Å². The Bertz CT molecular complexity index is 1230. The number of aliphatic hydroxyl groups is 1. The zero-order valence-corrected chi connectivity index (χ0v) is 26.8. The summed E-state index contributed by atoms with van der Waals surface area (Å²) in [5, 5.41) is 11.4. The summed E-state index contributed by atoms with van der Waals surface area (Å²) in [5.41, 5.74) is -2.92. The van der Waals surface area contributed by atoms with Crippen LogP contribution >= 0.6 is 17.1 Å². The average molecular weight is 605 g/mol. The summed E-state index contributed by atoms with van der Waals surface area (Å²) in [4.78, 5) is 26.4. The lowest BCUT2D eigenvalue weighted by Gasteiger charge is -2.37. The fourth-order valence-electron chi connectivity index (χ4n) is 4.93. The number of fused-ring (bicyclic) bond motifs is 1. The van der Waals surface area contributed by atoms with Crippen molar-refractivity contribution in [1.82, 2.24) is 9.55 Å². The van der Waals surface area contributed by atoms with Crippen LogP contribution in [0.2, 0.25) is 18.1 Å². The number of nitrogens with zero attached hydrogens (tertiary/aromatic N) is 1. The molecule has 0 radical (unpaired) electrons. The number of hydrogen-bond donors (Lipinski definition) is 2. The molecule has 38 heavy (non-hydrogen) atoms. The van der Waals surface area contributed by atoms with Crippen molar-refractivity contribution in [2.75, 3.05) is 6.61 Å². The van der Waals surface area contributed by atoms with Crippen LogP contribution in [0.25, 0.3) is 0 Å². The highest BCUT2D eigenvalue weighted by atomic mass is 32.9. The quantitative estimate of drug-likeness (QED) is 0.260. The second kappa shape index (κ2) is 10.7. The largest absolute Gasteiger partial charge is 0.414 e. The van der Waals surface area contributed by atoms with E-state index in [-0.39, 0.29) is 22.5 Å². The number of aliphatic hydroxyl groups excluding tert-OH is 1. The molecular weight excluding hydrogens is 563 g/mol. The number of ether oxygens (including phenoxy) is 1. The molecule has 2 N–H and O–H groups in total. The second-order valence-corrected chi connectivity index (χ2v) is 23.8. The van der Waals surface area contributed by atoms with Crippen LogP contribution in [0.3, 0.4) is 0 Å². The molecule has 13 heteroatoms. The minimum Gasteiger partial charge on any atom is -0.414 e. The molecule has 4 rings (SSSR count). The Morgan fingerprint density at radius 3 is 2.71 bits per heavy atom. The molecule has 0 amide bonds. The number of allylic oxidation sites excluding steroid dienone is 1. The number of nitrogens with one attached hydrogen (secondary N) is 1. The first-order chi connectivity index (χ1) is 17.4. The SMILES string of the molecule is C=C(C)[C@H]1CC[C@@]2(C)SP(=S)(O[C@H]3[C@@H](O)[C@H](n4ccc(=O)[nH]c4=O)O[C@@H]3CO[Si](C)(C)C(C)(C)C)O[C@@H]2C1. The van der Waals surface area contributed by atoms with Crippen LogP contribution in [-0.2, 0) is 30.0 Å². The molecule has 1 aromatic rings. The van der Waals surface area contributed by atoms with Gasteiger partial charge in [-0.3, -0.25) is 14.3 Å². The van der Waals surface area contributed by atoms with Crippen molar-refractivity contribution in [1.29, 1.82) is 0 Å². The minimum atomic E-state index is -2.87. The molecule has 9 nitrogen and oxygen atoms in total. The van der Waals surface area contributed by atoms with E-state index in [1.54, 1.807) is 11.4 Å². The average Bonchev–Trinajstić information content (AvgIpc) is 3.23. The number of aromatic amines is 1. The maximum atomic E-state index is 12.5. The van der Waals surface area contributed by atoms with Crippen LogP contribution in [0.15, 0.2) is 34.0 Å². The lowest BCUT2D eigenvalue weighted by molar-refractivity contribution is -0.0527. The van der Waals surface area contributed by atoms with Gasteiger partial charge >= 0.3 is 5.69 Å². The zero-order valence-electron chi connectivity index (χ0n) is 23.3. The molecule has 1 unspecified atom stereocenters. The van der Waals surface area contributed by atoms with Crippen molar-refractivity contribution in [3.05, 3.63) is 45.3 Å². The van der Waals surface area contributed by atoms with E-state index in [2.05, 4.69) is 59.3 Å². The number of hydrogen-bond acceptors (Lipinski definition) is 9. The van der Waals surface area contributed by atoms with Crippen LogP contribution in [0, 0.1) is 5.92 Å². The van der Waals surface area contributed by atoms with Gasteiger partial charge in [0.1, 0.15) is 18.3 Å². The first-order valence-corrected chi connectivity index (χ1v) is 20.0. The van der Waals surface area contributed by atoms with Gasteiger partial charge in [-0.2, -0.15) is 0 Å². The van der Waals surface area contributed by atoms with Gasteiger partial charge in [0.05, 0.1) is 12.7 Å². The van der Waals surface area contributed by atoms with Gasteiger partial charge in [0, 0.05) is 17.0 Å². The van der Waals surface area contributed by atoms with Gasteiger partial charge in [0.2, 0.25) is 5.69 Å². The summed E-state index contributed by atoms with van der Waals surface area (Å²) in [5.74, 6) is 0.387. The van der Waals surface area contributed by atoms with Gasteiger partial charge in [-0.1, -0.05) is 44.3 Å². The predicted octanol–water partition coefficient (Wildman–Crippen LogP) is 4.69. The number of H-pyrrole nitrogens is 1. The van der Waals surface area contributed by atoms with Crippen molar-refractivity contribution in [3.8, 4) is 0 Å². The Labute approximate surface area is 234 Å². The Kier molecular flexibility index (Phi) is 8.55. The Morgan fingerprint density at radius 2 is 2.11 bits per heavy atom. The molecule has 3 heterocycles. The van der Waals surface area contributed by atoms with Gasteiger partial charge in [-0.15, -0.1) is 0 Å². The third-order valence-corrected chi connectivity index (χ3v) is 18.8. The fraction of sp³-hybridized carbons (Fsp3) is 0.760. The highest BCUT2D eigenvalue weighted by Crippen LogP contribution is 2.76. The van der Waals surface area contributed by atoms with E-state index in [1.807, 2.05) is 0 Å². The third-order valence-electron chi connectivity index (χ3n) is 8.54. The summed E-state index contributed by atoms with van der Waals surface area (Å²) < 4.78 is 26.7. The summed E-state index contributed by atoms with van der Waals surface area (Å²) >= 11 is 7.58. The summed E-state index contributed by atoms with van der Waals surface area (Å²) in [6, 6.07) is 1.22. The van der Waals surface area contributed by atoms with Crippen LogP contribution < -0.4 is 11.2 Å². The topological polar surface area (TPSA) is 112 Å². The van der Waals surface area contributed by atoms with E-state index >= 15 is 0 Å². The van der Waals surface area contributed by atoms with E-state index < -0.39 is 49.8 Å². The molecule has 3 aliphatic rings. The molecular formula is C25H41N2O7PS2Si. The van der Waals surface area contributed by atoms with Gasteiger partial charge in [0.25, 0.3) is 5.56 Å². The van der Waals surface area contributed by atoms with Gasteiger partial charge < -0.3 is 23.3 Å². The van der Waals surface area contributed by atoms with Crippen molar-refractivity contribution in [3.63, 3.8) is 0 Å². The second-order valence-electron chi connectivity index (χ2n) is 12.5. The van der Waals surface area contributed by atoms with E-state index in [1.165, 1.54) is 16.8 Å². The van der Waals surface area contributed by atoms with Crippen molar-refractivity contribution < 1.29 is 23.3 Å². The molecule has 1 saturated carbocycles. The normalized spacial score (nSPS) is 37.8. The van der Waals surface area contributed by atoms with E-state index in [9.17, 15) is 14.7 Å². The Hall–Kier alpha value is -0.563. The molecule has 0 aromatic carbocycles. The minimum absolute atomic E-state index is 0.0312. The smallest absolute Gasteiger partial charge is 0.330 e. The Balaban J connectivity index is 1.59. The van der Waals surface area contributed by atoms with Crippen LogP contribution in [0.5, 0.6) is 0 Å². The van der Waals surface area contributed by atoms with Gasteiger partial charge in [-0.05, 0) is 69.0 Å². The number of aromatic nitrogens is 2. The van der Waals surface area contributed by atoms with Gasteiger partial charge in [0.15, 0.2) is 14.5 Å². The number of rotatable bonds is 7. The van der Waals surface area contributed by atoms with Crippen LogP contribution in [0.4, 0.5) is 0 Å². The third kappa shape index (κ3) is 6.04. The first-order valence-electron chi connectivity index (χ1n) is 13.1. The maximum Gasteiger partial charge on any atom is 0.330 e. The summed E-state index contributed by atoms with van der Waals surface area (Å²) in [6.07, 6.45) is 0.211.